The highest BCUT2D eigenvalue weighted by Gasteiger charge is 2.56. The standard InChI is InChI=1S/C17H27NO.C14H2.C11H15ClO.C6H13N/c1-12-3-2-4-18(11-12)16(19)17-8-13-5-14(9-17)7-15(6-13)10-17;1-3-5-7-9-11-13-14-12-10-8-6-4-2;12-10(13)11-4-7-1-8(5-11)3-9(2-7)6-11;1-6-3-2-4-7-5-6/h12-15H,2-11H2,1H3;1-2H;7-9H,1-6H2;6-7H,2-5H2,1H3. The topological polar surface area (TPSA) is 49.4 Å². The van der Waals surface area contributed by atoms with Crippen molar-refractivity contribution in [3.63, 3.8) is 0 Å². The van der Waals surface area contributed by atoms with E-state index in [-0.39, 0.29) is 16.1 Å². The number of carbonyl (C=O) groups is 2. The van der Waals surface area contributed by atoms with E-state index in [4.69, 9.17) is 24.4 Å². The van der Waals surface area contributed by atoms with Gasteiger partial charge in [-0.1, -0.05) is 13.8 Å². The van der Waals surface area contributed by atoms with Crippen molar-refractivity contribution in [1.82, 2.24) is 10.2 Å². The van der Waals surface area contributed by atoms with E-state index in [2.05, 4.69) is 95.1 Å². The molecule has 0 spiro atoms. The number of piperidine rings is 2. The lowest BCUT2D eigenvalue weighted by atomic mass is 9.49. The SMILES string of the molecule is C#CC#CC#CC#CC#CC#CC#C.CC1CCCN(C(=O)C23CC4CC(CC(C4)C2)C3)C1.CC1CCCNC1.O=C(Cl)C12CC3CC(CC(C3)C1)C2. The Hall–Kier alpha value is -3.69. The van der Waals surface area contributed by atoms with Crippen molar-refractivity contribution in [2.24, 2.45) is 58.2 Å². The predicted octanol–water partition coefficient (Wildman–Crippen LogP) is 7.71. The maximum atomic E-state index is 13.1. The molecule has 0 aromatic heterocycles. The quantitative estimate of drug-likeness (QED) is 0.234. The minimum Gasteiger partial charge on any atom is -0.342 e. The second kappa shape index (κ2) is 19.6. The van der Waals surface area contributed by atoms with Crippen LogP contribution in [0.1, 0.15) is 117 Å². The average Bonchev–Trinajstić information content (AvgIpc) is 3.12. The van der Waals surface area contributed by atoms with Crippen LogP contribution in [0.15, 0.2) is 0 Å². The number of amides is 1. The summed E-state index contributed by atoms with van der Waals surface area (Å²) in [5.41, 5.74) is 0.0160. The summed E-state index contributed by atoms with van der Waals surface area (Å²) in [6, 6.07) is 0. The third-order valence-corrected chi connectivity index (χ3v) is 13.5. The summed E-state index contributed by atoms with van der Waals surface area (Å²) in [4.78, 5) is 26.8. The van der Waals surface area contributed by atoms with Crippen LogP contribution in [0, 0.1) is 142 Å². The van der Waals surface area contributed by atoms with Crippen molar-refractivity contribution >= 4 is 22.8 Å². The van der Waals surface area contributed by atoms with E-state index >= 15 is 0 Å². The van der Waals surface area contributed by atoms with E-state index in [1.54, 1.807) is 0 Å². The Bertz CT molecular complexity index is 1600. The van der Waals surface area contributed by atoms with Crippen LogP contribution in [0.25, 0.3) is 0 Å². The third-order valence-electron chi connectivity index (χ3n) is 13.1. The maximum Gasteiger partial charge on any atom is 0.228 e. The number of hydrogen-bond donors (Lipinski definition) is 1. The molecule has 10 rings (SSSR count). The van der Waals surface area contributed by atoms with Gasteiger partial charge in [0.05, 0.1) is 5.41 Å². The summed E-state index contributed by atoms with van der Waals surface area (Å²) in [5, 5.41) is 3.30. The van der Waals surface area contributed by atoms with Gasteiger partial charge < -0.3 is 10.2 Å². The van der Waals surface area contributed by atoms with Crippen LogP contribution in [0.5, 0.6) is 0 Å². The van der Waals surface area contributed by atoms with Crippen LogP contribution in [-0.2, 0) is 9.59 Å². The molecule has 2 saturated heterocycles. The molecule has 53 heavy (non-hydrogen) atoms. The molecular formula is C48H57ClN2O2. The molecule has 1 N–H and O–H groups in total. The van der Waals surface area contributed by atoms with E-state index in [0.29, 0.717) is 11.8 Å². The van der Waals surface area contributed by atoms with Crippen LogP contribution in [0.2, 0.25) is 0 Å². The van der Waals surface area contributed by atoms with E-state index in [1.807, 2.05) is 0 Å². The molecule has 10 fully saturated rings. The van der Waals surface area contributed by atoms with Crippen LogP contribution in [0.3, 0.4) is 0 Å². The molecule has 278 valence electrons. The first-order chi connectivity index (χ1) is 25.6. The molecule has 8 bridgehead atoms. The lowest BCUT2D eigenvalue weighted by Gasteiger charge is -2.57. The Labute approximate surface area is 326 Å². The Balaban J connectivity index is 0.000000143. The van der Waals surface area contributed by atoms with Crippen molar-refractivity contribution in [1.29, 1.82) is 0 Å². The van der Waals surface area contributed by atoms with Crippen molar-refractivity contribution in [3.8, 4) is 83.9 Å². The highest BCUT2D eigenvalue weighted by Crippen LogP contribution is 2.61. The molecule has 2 unspecified atom stereocenters. The van der Waals surface area contributed by atoms with Crippen molar-refractivity contribution in [2.75, 3.05) is 26.2 Å². The smallest absolute Gasteiger partial charge is 0.228 e. The van der Waals surface area contributed by atoms with Crippen LogP contribution in [-0.4, -0.2) is 42.2 Å². The molecular weight excluding hydrogens is 672 g/mol. The fraction of sp³-hybridized carbons (Fsp3) is 0.667. The highest BCUT2D eigenvalue weighted by molar-refractivity contribution is 6.64. The Morgan fingerprint density at radius 2 is 1.00 bits per heavy atom. The van der Waals surface area contributed by atoms with Crippen molar-refractivity contribution in [2.45, 2.75) is 117 Å². The zero-order valence-corrected chi connectivity index (χ0v) is 32.8. The molecule has 4 nitrogen and oxygen atoms in total. The minimum atomic E-state index is -0.0731. The largest absolute Gasteiger partial charge is 0.342 e. The zero-order chi connectivity index (χ0) is 37.7. The number of hydrogen-bond acceptors (Lipinski definition) is 3. The summed E-state index contributed by atoms with van der Waals surface area (Å²) in [7, 11) is 0. The lowest BCUT2D eigenvalue weighted by Crippen LogP contribution is -2.55. The fourth-order valence-corrected chi connectivity index (χ4v) is 12.0. The average molecular weight is 729 g/mol. The third kappa shape index (κ3) is 11.4. The number of rotatable bonds is 2. The summed E-state index contributed by atoms with van der Waals surface area (Å²) in [6.07, 6.45) is 30.5. The molecule has 2 atom stereocenters. The van der Waals surface area contributed by atoms with E-state index in [0.717, 1.165) is 73.8 Å². The number of nitrogens with one attached hydrogen (secondary N) is 1. The first-order valence-corrected chi connectivity index (χ1v) is 20.6. The Morgan fingerprint density at radius 3 is 1.32 bits per heavy atom. The van der Waals surface area contributed by atoms with E-state index in [9.17, 15) is 9.59 Å². The summed E-state index contributed by atoms with van der Waals surface area (Å²) >= 11 is 5.76. The van der Waals surface area contributed by atoms with Gasteiger partial charge in [-0.3, -0.25) is 9.59 Å². The van der Waals surface area contributed by atoms with Crippen LogP contribution in [0.4, 0.5) is 0 Å². The molecule has 2 aliphatic heterocycles. The maximum absolute atomic E-state index is 13.1. The van der Waals surface area contributed by atoms with Gasteiger partial charge in [-0.05, 0) is 246 Å². The molecule has 0 aromatic rings. The highest BCUT2D eigenvalue weighted by atomic mass is 35.5. The van der Waals surface area contributed by atoms with E-state index < -0.39 is 0 Å². The van der Waals surface area contributed by atoms with Gasteiger partial charge in [0.2, 0.25) is 11.1 Å². The molecule has 1 amide bonds. The van der Waals surface area contributed by atoms with Gasteiger partial charge in [-0.2, -0.15) is 0 Å². The number of halogens is 1. The van der Waals surface area contributed by atoms with Crippen molar-refractivity contribution < 1.29 is 9.59 Å². The molecule has 8 saturated carbocycles. The van der Waals surface area contributed by atoms with Gasteiger partial charge in [-0.25, -0.2) is 0 Å². The number of nitrogens with zero attached hydrogens (tertiary/aromatic N) is 1. The van der Waals surface area contributed by atoms with Gasteiger partial charge in [0, 0.05) is 18.5 Å². The number of likely N-dealkylation sites (tertiary alicyclic amines) is 1. The lowest BCUT2D eigenvalue weighted by molar-refractivity contribution is -0.159. The van der Waals surface area contributed by atoms with Gasteiger partial charge in [0.15, 0.2) is 0 Å². The summed E-state index contributed by atoms with van der Waals surface area (Å²) < 4.78 is 0. The second-order valence-electron chi connectivity index (χ2n) is 17.7. The van der Waals surface area contributed by atoms with Gasteiger partial charge in [0.1, 0.15) is 0 Å². The van der Waals surface area contributed by atoms with Gasteiger partial charge in [-0.15, -0.1) is 12.8 Å². The fourth-order valence-electron chi connectivity index (χ4n) is 11.8. The predicted molar refractivity (Wildman–Crippen MR) is 215 cm³/mol. The first kappa shape index (κ1) is 40.5. The zero-order valence-electron chi connectivity index (χ0n) is 32.1. The molecule has 8 aliphatic carbocycles. The second-order valence-corrected chi connectivity index (χ2v) is 18.0. The molecule has 0 radical (unpaired) electrons. The summed E-state index contributed by atoms with van der Waals surface area (Å²) in [6.45, 7) is 9.14. The first-order valence-electron chi connectivity index (χ1n) is 20.2. The molecule has 0 aromatic carbocycles. The number of terminal acetylenes is 2. The van der Waals surface area contributed by atoms with E-state index in [1.165, 1.54) is 96.6 Å². The summed E-state index contributed by atoms with van der Waals surface area (Å²) in [5.74, 6) is 35.6. The van der Waals surface area contributed by atoms with Gasteiger partial charge in [0.25, 0.3) is 0 Å². The molecule has 2 heterocycles. The monoisotopic (exact) mass is 728 g/mol. The van der Waals surface area contributed by atoms with Gasteiger partial charge >= 0.3 is 0 Å². The van der Waals surface area contributed by atoms with Crippen molar-refractivity contribution in [3.05, 3.63) is 0 Å². The normalized spacial score (nSPS) is 35.6. The van der Waals surface area contributed by atoms with Crippen LogP contribution < -0.4 is 5.32 Å². The molecule has 5 heteroatoms. The number of carbonyl (C=O) groups excluding carboxylic acids is 2. The Kier molecular flexibility index (Phi) is 15.0. The molecule has 10 aliphatic rings. The minimum absolute atomic E-state index is 0.0356. The van der Waals surface area contributed by atoms with Crippen LogP contribution >= 0.6 is 11.6 Å². The Morgan fingerprint density at radius 1 is 0.604 bits per heavy atom.